The number of nitrogens with one attached hydrogen (secondary N) is 1. The predicted octanol–water partition coefficient (Wildman–Crippen LogP) is 2.49. The molecule has 0 bridgehead atoms. The number of aromatic nitrogens is 3. The fourth-order valence-electron chi connectivity index (χ4n) is 1.75. The Hall–Kier alpha value is -2.50. The van der Waals surface area contributed by atoms with Crippen molar-refractivity contribution in [3.8, 4) is 11.5 Å². The van der Waals surface area contributed by atoms with Gasteiger partial charge < -0.3 is 10.7 Å². The summed E-state index contributed by atoms with van der Waals surface area (Å²) in [5, 5.41) is 0. The summed E-state index contributed by atoms with van der Waals surface area (Å²) in [5.41, 5.74) is 6.40. The summed E-state index contributed by atoms with van der Waals surface area (Å²) < 4.78 is 26.5. The number of hydrogen-bond donors (Lipinski definition) is 2. The maximum Gasteiger partial charge on any atom is 0.157 e. The van der Waals surface area contributed by atoms with Crippen LogP contribution >= 0.6 is 0 Å². The van der Waals surface area contributed by atoms with Crippen LogP contribution < -0.4 is 5.73 Å². The van der Waals surface area contributed by atoms with Crippen molar-refractivity contribution in [1.82, 2.24) is 15.0 Å². The van der Waals surface area contributed by atoms with Crippen molar-refractivity contribution < 1.29 is 8.78 Å². The lowest BCUT2D eigenvalue weighted by atomic mass is 10.3. The molecule has 0 spiro atoms. The first-order valence-corrected chi connectivity index (χ1v) is 5.21. The number of pyridine rings is 1. The third-order valence-corrected chi connectivity index (χ3v) is 2.52. The quantitative estimate of drug-likeness (QED) is 0.693. The maximum atomic E-state index is 13.5. The molecule has 0 fully saturated rings. The number of nitrogen functional groups attached to an aromatic ring is 1. The minimum atomic E-state index is -0.712. The molecule has 0 aliphatic carbocycles. The molecule has 1 aromatic carbocycles. The highest BCUT2D eigenvalue weighted by Gasteiger charge is 2.11. The zero-order valence-electron chi connectivity index (χ0n) is 9.11. The Kier molecular flexibility index (Phi) is 2.22. The number of anilines is 1. The zero-order valence-corrected chi connectivity index (χ0v) is 9.11. The summed E-state index contributed by atoms with van der Waals surface area (Å²) in [5.74, 6) is -0.687. The smallest absolute Gasteiger partial charge is 0.157 e. The van der Waals surface area contributed by atoms with E-state index >= 15 is 0 Å². The molecular formula is C12H8F2N4. The molecule has 3 rings (SSSR count). The molecule has 0 unspecified atom stereocenters. The van der Waals surface area contributed by atoms with Gasteiger partial charge in [0, 0.05) is 6.07 Å². The van der Waals surface area contributed by atoms with E-state index in [1.807, 2.05) is 0 Å². The van der Waals surface area contributed by atoms with Gasteiger partial charge in [0.05, 0.1) is 5.52 Å². The Balaban J connectivity index is 2.22. The van der Waals surface area contributed by atoms with Gasteiger partial charge in [0.2, 0.25) is 0 Å². The third-order valence-electron chi connectivity index (χ3n) is 2.52. The van der Waals surface area contributed by atoms with E-state index in [9.17, 15) is 8.78 Å². The molecule has 0 aliphatic rings. The van der Waals surface area contributed by atoms with E-state index in [1.54, 1.807) is 18.2 Å². The maximum absolute atomic E-state index is 13.5. The predicted molar refractivity (Wildman–Crippen MR) is 63.7 cm³/mol. The molecule has 18 heavy (non-hydrogen) atoms. The number of hydrogen-bond acceptors (Lipinski definition) is 3. The van der Waals surface area contributed by atoms with Crippen molar-refractivity contribution in [3.05, 3.63) is 42.0 Å². The van der Waals surface area contributed by atoms with Crippen LogP contribution in [0.2, 0.25) is 0 Å². The molecule has 0 saturated heterocycles. The lowest BCUT2D eigenvalue weighted by Gasteiger charge is -1.96. The van der Waals surface area contributed by atoms with E-state index in [0.717, 1.165) is 6.07 Å². The minimum absolute atomic E-state index is 0.0793. The number of halogens is 2. The van der Waals surface area contributed by atoms with Crippen molar-refractivity contribution in [2.45, 2.75) is 0 Å². The fraction of sp³-hybridized carbons (Fsp3) is 0. The Morgan fingerprint density at radius 3 is 2.72 bits per heavy atom. The highest BCUT2D eigenvalue weighted by atomic mass is 19.1. The summed E-state index contributed by atoms with van der Waals surface area (Å²) in [7, 11) is 0. The Bertz CT molecular complexity index is 736. The molecule has 3 N–H and O–H groups in total. The number of fused-ring (bicyclic) bond motifs is 1. The third kappa shape index (κ3) is 1.67. The summed E-state index contributed by atoms with van der Waals surface area (Å²) in [4.78, 5) is 10.9. The van der Waals surface area contributed by atoms with Crippen molar-refractivity contribution >= 4 is 16.9 Å². The van der Waals surface area contributed by atoms with Crippen LogP contribution in [-0.2, 0) is 0 Å². The molecule has 3 aromatic rings. The summed E-state index contributed by atoms with van der Waals surface area (Å²) >= 11 is 0. The van der Waals surface area contributed by atoms with Crippen LogP contribution in [0.1, 0.15) is 0 Å². The number of nitrogens with two attached hydrogens (primary N) is 1. The Labute approximate surface area is 100 Å². The number of H-pyrrole nitrogens is 1. The molecule has 6 heteroatoms. The largest absolute Gasteiger partial charge is 0.384 e. The van der Waals surface area contributed by atoms with E-state index in [-0.39, 0.29) is 11.0 Å². The Morgan fingerprint density at radius 1 is 1.11 bits per heavy atom. The molecule has 0 radical (unpaired) electrons. The first-order chi connectivity index (χ1) is 8.63. The standard InChI is InChI=1S/C12H8F2N4/c13-6-4-7(14)11-9(5-6)17-12(18-11)8-2-1-3-10(15)16-8/h1-5H,(H2,15,16)(H,17,18). The molecule has 4 nitrogen and oxygen atoms in total. The van der Waals surface area contributed by atoms with E-state index in [0.29, 0.717) is 17.3 Å². The Morgan fingerprint density at radius 2 is 1.94 bits per heavy atom. The van der Waals surface area contributed by atoms with Crippen molar-refractivity contribution in [2.24, 2.45) is 0 Å². The second-order valence-corrected chi connectivity index (χ2v) is 3.82. The van der Waals surface area contributed by atoms with Gasteiger partial charge in [-0.15, -0.1) is 0 Å². The van der Waals surface area contributed by atoms with Gasteiger partial charge in [-0.2, -0.15) is 0 Å². The van der Waals surface area contributed by atoms with Crippen molar-refractivity contribution in [2.75, 3.05) is 5.73 Å². The van der Waals surface area contributed by atoms with E-state index in [2.05, 4.69) is 15.0 Å². The molecule has 90 valence electrons. The zero-order chi connectivity index (χ0) is 12.7. The molecule has 0 amide bonds. The van der Waals surface area contributed by atoms with Gasteiger partial charge in [0.1, 0.15) is 22.8 Å². The van der Waals surface area contributed by atoms with Crippen LogP contribution in [-0.4, -0.2) is 15.0 Å². The first-order valence-electron chi connectivity index (χ1n) is 5.21. The lowest BCUT2D eigenvalue weighted by molar-refractivity contribution is 0.591. The number of rotatable bonds is 1. The van der Waals surface area contributed by atoms with Crippen LogP contribution in [0.15, 0.2) is 30.3 Å². The van der Waals surface area contributed by atoms with Crippen LogP contribution in [0.25, 0.3) is 22.6 Å². The van der Waals surface area contributed by atoms with E-state index < -0.39 is 11.6 Å². The number of imidazole rings is 1. The SMILES string of the molecule is Nc1cccc(-c2nc3c(F)cc(F)cc3[nH]2)n1. The highest BCUT2D eigenvalue weighted by Crippen LogP contribution is 2.22. The van der Waals surface area contributed by atoms with Crippen LogP contribution in [0.4, 0.5) is 14.6 Å². The normalized spacial score (nSPS) is 11.0. The second kappa shape index (κ2) is 3.76. The topological polar surface area (TPSA) is 67.6 Å². The highest BCUT2D eigenvalue weighted by molar-refractivity contribution is 5.79. The van der Waals surface area contributed by atoms with Crippen LogP contribution in [0.3, 0.4) is 0 Å². The summed E-state index contributed by atoms with van der Waals surface area (Å²) in [6, 6.07) is 7.00. The number of nitrogens with zero attached hydrogens (tertiary/aromatic N) is 2. The number of aromatic amines is 1. The van der Waals surface area contributed by atoms with Gasteiger partial charge in [-0.25, -0.2) is 18.7 Å². The van der Waals surface area contributed by atoms with Gasteiger partial charge in [-0.3, -0.25) is 0 Å². The minimum Gasteiger partial charge on any atom is -0.384 e. The van der Waals surface area contributed by atoms with Crippen LogP contribution in [0, 0.1) is 11.6 Å². The molecule has 0 aliphatic heterocycles. The second-order valence-electron chi connectivity index (χ2n) is 3.82. The van der Waals surface area contributed by atoms with Gasteiger partial charge in [0.15, 0.2) is 11.6 Å². The average molecular weight is 246 g/mol. The fourth-order valence-corrected chi connectivity index (χ4v) is 1.75. The van der Waals surface area contributed by atoms with Crippen molar-refractivity contribution in [1.29, 1.82) is 0 Å². The molecular weight excluding hydrogens is 238 g/mol. The lowest BCUT2D eigenvalue weighted by Crippen LogP contribution is -1.92. The molecule has 0 atom stereocenters. The van der Waals surface area contributed by atoms with Gasteiger partial charge >= 0.3 is 0 Å². The molecule has 2 heterocycles. The summed E-state index contributed by atoms with van der Waals surface area (Å²) in [6.07, 6.45) is 0. The average Bonchev–Trinajstić information content (AvgIpc) is 2.73. The van der Waals surface area contributed by atoms with Gasteiger partial charge in [0.25, 0.3) is 0 Å². The van der Waals surface area contributed by atoms with E-state index in [1.165, 1.54) is 6.07 Å². The van der Waals surface area contributed by atoms with Gasteiger partial charge in [-0.05, 0) is 18.2 Å². The van der Waals surface area contributed by atoms with Gasteiger partial charge in [-0.1, -0.05) is 6.07 Å². The van der Waals surface area contributed by atoms with Crippen LogP contribution in [0.5, 0.6) is 0 Å². The first kappa shape index (κ1) is 10.6. The molecule has 0 saturated carbocycles. The number of benzene rings is 1. The monoisotopic (exact) mass is 246 g/mol. The van der Waals surface area contributed by atoms with E-state index in [4.69, 9.17) is 5.73 Å². The molecule has 2 aromatic heterocycles. The summed E-state index contributed by atoms with van der Waals surface area (Å²) in [6.45, 7) is 0. The van der Waals surface area contributed by atoms with Crippen molar-refractivity contribution in [3.63, 3.8) is 0 Å².